The van der Waals surface area contributed by atoms with E-state index in [1.807, 2.05) is 12.2 Å². The van der Waals surface area contributed by atoms with Crippen molar-refractivity contribution in [3.05, 3.63) is 12.2 Å². The first-order valence-corrected chi connectivity index (χ1v) is 2.39. The van der Waals surface area contributed by atoms with E-state index in [0.29, 0.717) is 0 Å². The van der Waals surface area contributed by atoms with Crippen LogP contribution >= 0.6 is 0 Å². The van der Waals surface area contributed by atoms with E-state index in [2.05, 4.69) is 5.32 Å². The number of halogens is 1. The zero-order valence-electron chi connectivity index (χ0n) is 4.02. The third kappa shape index (κ3) is 0.996. The number of hydrogen-bond donors (Lipinski definition) is 1. The van der Waals surface area contributed by atoms with Gasteiger partial charge in [-0.25, -0.2) is 4.39 Å². The summed E-state index contributed by atoms with van der Waals surface area (Å²) < 4.78 is 11.6. The lowest BCUT2D eigenvalue weighted by molar-refractivity contribution is 0.436. The normalized spacial score (nSPS) is 29.0. The molecule has 0 spiro atoms. The van der Waals surface area contributed by atoms with E-state index >= 15 is 0 Å². The Morgan fingerprint density at radius 1 is 1.86 bits per heavy atom. The molecule has 2 heteroatoms. The SMILES string of the molecule is FCC1C=CCN1. The molecule has 0 aromatic heterocycles. The van der Waals surface area contributed by atoms with Crippen LogP contribution in [0.15, 0.2) is 12.2 Å². The molecule has 1 aliphatic heterocycles. The zero-order chi connectivity index (χ0) is 5.11. The molecule has 0 saturated carbocycles. The molecule has 1 aliphatic rings. The predicted molar refractivity (Wildman–Crippen MR) is 26.9 cm³/mol. The van der Waals surface area contributed by atoms with Crippen LogP contribution < -0.4 is 5.32 Å². The molecule has 1 nitrogen and oxygen atoms in total. The molecule has 1 rings (SSSR count). The van der Waals surface area contributed by atoms with Crippen molar-refractivity contribution in [1.29, 1.82) is 0 Å². The molecule has 0 radical (unpaired) electrons. The van der Waals surface area contributed by atoms with Gasteiger partial charge in [0, 0.05) is 6.54 Å². The molecule has 1 heterocycles. The van der Waals surface area contributed by atoms with Gasteiger partial charge in [0.15, 0.2) is 0 Å². The van der Waals surface area contributed by atoms with Crippen LogP contribution in [0.4, 0.5) is 4.39 Å². The van der Waals surface area contributed by atoms with Crippen LogP contribution in [-0.4, -0.2) is 19.3 Å². The number of nitrogens with one attached hydrogen (secondary N) is 1. The summed E-state index contributed by atoms with van der Waals surface area (Å²) in [6.45, 7) is 0.547. The van der Waals surface area contributed by atoms with Crippen LogP contribution in [0.2, 0.25) is 0 Å². The first kappa shape index (κ1) is 4.78. The van der Waals surface area contributed by atoms with Crippen molar-refractivity contribution in [2.75, 3.05) is 13.2 Å². The highest BCUT2D eigenvalue weighted by Gasteiger charge is 2.04. The second-order valence-corrected chi connectivity index (χ2v) is 1.60. The van der Waals surface area contributed by atoms with Crippen molar-refractivity contribution in [2.24, 2.45) is 0 Å². The molecule has 0 aliphatic carbocycles. The lowest BCUT2D eigenvalue weighted by Crippen LogP contribution is -2.23. The van der Waals surface area contributed by atoms with Gasteiger partial charge in [0.25, 0.3) is 0 Å². The van der Waals surface area contributed by atoms with Crippen molar-refractivity contribution in [2.45, 2.75) is 6.04 Å². The van der Waals surface area contributed by atoms with Crippen LogP contribution in [0.3, 0.4) is 0 Å². The van der Waals surface area contributed by atoms with E-state index in [0.717, 1.165) is 6.54 Å². The van der Waals surface area contributed by atoms with Crippen molar-refractivity contribution >= 4 is 0 Å². The molecule has 40 valence electrons. The standard InChI is InChI=1S/C5H8FN/c6-4-5-2-1-3-7-5/h1-2,5,7H,3-4H2. The number of rotatable bonds is 1. The monoisotopic (exact) mass is 101 g/mol. The highest BCUT2D eigenvalue weighted by atomic mass is 19.1. The van der Waals surface area contributed by atoms with Crippen molar-refractivity contribution in [1.82, 2.24) is 5.32 Å². The van der Waals surface area contributed by atoms with E-state index in [-0.39, 0.29) is 12.7 Å². The molecule has 0 bridgehead atoms. The van der Waals surface area contributed by atoms with Gasteiger partial charge in [-0.3, -0.25) is 0 Å². The Balaban J connectivity index is 2.28. The molecule has 0 aromatic rings. The lowest BCUT2D eigenvalue weighted by Gasteiger charge is -1.98. The van der Waals surface area contributed by atoms with Gasteiger partial charge in [-0.15, -0.1) is 0 Å². The minimum absolute atomic E-state index is 0.000000000000000444. The molecule has 0 fully saturated rings. The van der Waals surface area contributed by atoms with E-state index in [4.69, 9.17) is 0 Å². The van der Waals surface area contributed by atoms with Crippen molar-refractivity contribution in [3.8, 4) is 0 Å². The predicted octanol–water partition coefficient (Wildman–Crippen LogP) is 0.484. The summed E-state index contributed by atoms with van der Waals surface area (Å²) >= 11 is 0. The first-order chi connectivity index (χ1) is 3.43. The molecule has 0 saturated heterocycles. The summed E-state index contributed by atoms with van der Waals surface area (Å²) in [6, 6.07) is -0.000000000000000444. The van der Waals surface area contributed by atoms with Gasteiger partial charge >= 0.3 is 0 Å². The first-order valence-electron chi connectivity index (χ1n) is 2.39. The molecule has 1 N–H and O–H groups in total. The van der Waals surface area contributed by atoms with Gasteiger partial charge < -0.3 is 5.32 Å². The lowest BCUT2D eigenvalue weighted by atomic mass is 10.4. The Labute approximate surface area is 42.2 Å². The average molecular weight is 101 g/mol. The fraction of sp³-hybridized carbons (Fsp3) is 0.600. The average Bonchev–Trinajstić information content (AvgIpc) is 2.14. The minimum atomic E-state index is -0.281. The van der Waals surface area contributed by atoms with Crippen LogP contribution in [0, 0.1) is 0 Å². The Hall–Kier alpha value is -0.370. The van der Waals surface area contributed by atoms with Gasteiger partial charge in [0.05, 0.1) is 6.04 Å². The summed E-state index contributed by atoms with van der Waals surface area (Å²) in [7, 11) is 0. The summed E-state index contributed by atoms with van der Waals surface area (Å²) in [5, 5.41) is 2.92. The maximum atomic E-state index is 11.6. The fourth-order valence-corrected chi connectivity index (χ4v) is 0.626. The maximum Gasteiger partial charge on any atom is 0.108 e. The Kier molecular flexibility index (Phi) is 1.42. The van der Waals surface area contributed by atoms with E-state index in [1.54, 1.807) is 0 Å². The largest absolute Gasteiger partial charge is 0.305 e. The topological polar surface area (TPSA) is 12.0 Å². The molecule has 1 atom stereocenters. The van der Waals surface area contributed by atoms with E-state index in [9.17, 15) is 4.39 Å². The number of alkyl halides is 1. The minimum Gasteiger partial charge on any atom is -0.305 e. The highest BCUT2D eigenvalue weighted by molar-refractivity contribution is 5.01. The Bertz CT molecular complexity index is 80.1. The molecular formula is C5H8FN. The Morgan fingerprint density at radius 2 is 2.71 bits per heavy atom. The second kappa shape index (κ2) is 2.07. The van der Waals surface area contributed by atoms with Gasteiger partial charge in [-0.05, 0) is 0 Å². The fourth-order valence-electron chi connectivity index (χ4n) is 0.626. The smallest absolute Gasteiger partial charge is 0.108 e. The maximum absolute atomic E-state index is 11.6. The summed E-state index contributed by atoms with van der Waals surface area (Å²) in [4.78, 5) is 0. The molecule has 0 amide bonds. The van der Waals surface area contributed by atoms with Gasteiger partial charge in [0.2, 0.25) is 0 Å². The summed E-state index contributed by atoms with van der Waals surface area (Å²) in [5.41, 5.74) is 0. The summed E-state index contributed by atoms with van der Waals surface area (Å²) in [5.74, 6) is 0. The second-order valence-electron chi connectivity index (χ2n) is 1.60. The van der Waals surface area contributed by atoms with E-state index in [1.165, 1.54) is 0 Å². The third-order valence-corrected chi connectivity index (χ3v) is 1.03. The van der Waals surface area contributed by atoms with Gasteiger partial charge in [-0.1, -0.05) is 12.2 Å². The van der Waals surface area contributed by atoms with Crippen LogP contribution in [0.1, 0.15) is 0 Å². The van der Waals surface area contributed by atoms with Crippen LogP contribution in [0.25, 0.3) is 0 Å². The third-order valence-electron chi connectivity index (χ3n) is 1.03. The Morgan fingerprint density at radius 3 is 3.00 bits per heavy atom. The van der Waals surface area contributed by atoms with Crippen molar-refractivity contribution in [3.63, 3.8) is 0 Å². The molecule has 0 aromatic carbocycles. The van der Waals surface area contributed by atoms with Crippen LogP contribution in [-0.2, 0) is 0 Å². The molecule has 7 heavy (non-hydrogen) atoms. The summed E-state index contributed by atoms with van der Waals surface area (Å²) in [6.07, 6.45) is 3.78. The van der Waals surface area contributed by atoms with Crippen molar-refractivity contribution < 1.29 is 4.39 Å². The van der Waals surface area contributed by atoms with Gasteiger partial charge in [-0.2, -0.15) is 0 Å². The quantitative estimate of drug-likeness (QED) is 0.474. The van der Waals surface area contributed by atoms with E-state index < -0.39 is 0 Å². The molecular weight excluding hydrogens is 93.1 g/mol. The zero-order valence-corrected chi connectivity index (χ0v) is 4.02. The highest BCUT2D eigenvalue weighted by Crippen LogP contribution is 1.93. The van der Waals surface area contributed by atoms with Gasteiger partial charge in [0.1, 0.15) is 6.67 Å². The number of hydrogen-bond acceptors (Lipinski definition) is 1. The molecule has 1 unspecified atom stereocenters. The van der Waals surface area contributed by atoms with Crippen LogP contribution in [0.5, 0.6) is 0 Å².